The number of aryl methyl sites for hydroxylation is 1. The standard InChI is InChI=1S/C19H26N4O2S/c1-15-17-7-3-4-8-18(17)21-19(20-15)22-13-9-16(10-14-22)26(24,25)23-11-5-2-6-12-23/h3-4,7-8,16H,2,5-6,9-14H2,1H3. The Hall–Kier alpha value is -1.73. The molecule has 4 rings (SSSR count). The average molecular weight is 375 g/mol. The number of anilines is 1. The molecule has 140 valence electrons. The van der Waals surface area contributed by atoms with Gasteiger partial charge in [0.25, 0.3) is 0 Å². The third kappa shape index (κ3) is 3.30. The zero-order valence-corrected chi connectivity index (χ0v) is 16.1. The monoisotopic (exact) mass is 374 g/mol. The molecule has 0 atom stereocenters. The summed E-state index contributed by atoms with van der Waals surface area (Å²) in [7, 11) is -3.17. The number of rotatable bonds is 3. The smallest absolute Gasteiger partial charge is 0.226 e. The first-order valence-corrected chi connectivity index (χ1v) is 11.0. The SMILES string of the molecule is Cc1nc(N2CCC(S(=O)(=O)N3CCCCC3)CC2)nc2ccccc12. The number of aromatic nitrogens is 2. The van der Waals surface area contributed by atoms with Gasteiger partial charge in [0.05, 0.1) is 16.5 Å². The lowest BCUT2D eigenvalue weighted by Crippen LogP contribution is -2.47. The van der Waals surface area contributed by atoms with E-state index in [9.17, 15) is 8.42 Å². The van der Waals surface area contributed by atoms with Gasteiger partial charge in [0.15, 0.2) is 0 Å². The van der Waals surface area contributed by atoms with E-state index in [0.717, 1.165) is 41.8 Å². The lowest BCUT2D eigenvalue weighted by Gasteiger charge is -2.35. The number of hydrogen-bond acceptors (Lipinski definition) is 5. The van der Waals surface area contributed by atoms with E-state index in [0.29, 0.717) is 39.0 Å². The maximum absolute atomic E-state index is 12.9. The molecule has 0 bridgehead atoms. The molecule has 2 aliphatic rings. The van der Waals surface area contributed by atoms with Crippen molar-refractivity contribution in [1.29, 1.82) is 0 Å². The Morgan fingerprint density at radius 2 is 1.65 bits per heavy atom. The van der Waals surface area contributed by atoms with E-state index >= 15 is 0 Å². The fraction of sp³-hybridized carbons (Fsp3) is 0.579. The molecule has 0 saturated carbocycles. The molecule has 1 aromatic carbocycles. The van der Waals surface area contributed by atoms with Gasteiger partial charge in [-0.1, -0.05) is 24.6 Å². The zero-order chi connectivity index (χ0) is 18.1. The van der Waals surface area contributed by atoms with Crippen LogP contribution >= 0.6 is 0 Å². The first-order chi connectivity index (χ1) is 12.6. The van der Waals surface area contributed by atoms with Gasteiger partial charge < -0.3 is 4.90 Å². The Morgan fingerprint density at radius 3 is 2.38 bits per heavy atom. The van der Waals surface area contributed by atoms with Gasteiger partial charge in [-0.25, -0.2) is 22.7 Å². The fourth-order valence-electron chi connectivity index (χ4n) is 4.05. The number of nitrogens with zero attached hydrogens (tertiary/aromatic N) is 4. The second-order valence-electron chi connectivity index (χ2n) is 7.32. The topological polar surface area (TPSA) is 66.4 Å². The van der Waals surface area contributed by atoms with Crippen molar-refractivity contribution in [2.24, 2.45) is 0 Å². The summed E-state index contributed by atoms with van der Waals surface area (Å²) in [6.07, 6.45) is 4.41. The maximum atomic E-state index is 12.9. The third-order valence-corrected chi connectivity index (χ3v) is 8.00. The maximum Gasteiger partial charge on any atom is 0.226 e. The van der Waals surface area contributed by atoms with Crippen LogP contribution in [0.2, 0.25) is 0 Å². The number of hydrogen-bond donors (Lipinski definition) is 0. The van der Waals surface area contributed by atoms with Crippen molar-refractivity contribution in [1.82, 2.24) is 14.3 Å². The van der Waals surface area contributed by atoms with Crippen LogP contribution in [0.1, 0.15) is 37.8 Å². The third-order valence-electron chi connectivity index (χ3n) is 5.60. The van der Waals surface area contributed by atoms with Gasteiger partial charge in [-0.2, -0.15) is 0 Å². The lowest BCUT2D eigenvalue weighted by molar-refractivity contribution is 0.338. The predicted molar refractivity (Wildman–Crippen MR) is 104 cm³/mol. The Kier molecular flexibility index (Phi) is 4.84. The van der Waals surface area contributed by atoms with E-state index in [1.807, 2.05) is 31.2 Å². The van der Waals surface area contributed by atoms with Gasteiger partial charge in [0, 0.05) is 31.6 Å². The van der Waals surface area contributed by atoms with Crippen LogP contribution in [0.15, 0.2) is 24.3 Å². The Balaban J connectivity index is 1.48. The molecule has 0 amide bonds. The minimum atomic E-state index is -3.17. The average Bonchev–Trinajstić information content (AvgIpc) is 2.69. The van der Waals surface area contributed by atoms with E-state index in [1.165, 1.54) is 0 Å². The Labute approximate surface area is 155 Å². The van der Waals surface area contributed by atoms with Gasteiger partial charge in [0.1, 0.15) is 0 Å². The highest BCUT2D eigenvalue weighted by molar-refractivity contribution is 7.89. The molecule has 0 spiro atoms. The lowest BCUT2D eigenvalue weighted by atomic mass is 10.1. The number of fused-ring (bicyclic) bond motifs is 1. The van der Waals surface area contributed by atoms with E-state index < -0.39 is 10.0 Å². The van der Waals surface area contributed by atoms with Crippen molar-refractivity contribution < 1.29 is 8.42 Å². The van der Waals surface area contributed by atoms with Crippen LogP contribution in [-0.4, -0.2) is 54.1 Å². The van der Waals surface area contributed by atoms with Crippen molar-refractivity contribution in [2.75, 3.05) is 31.1 Å². The molecule has 2 saturated heterocycles. The van der Waals surface area contributed by atoms with Crippen molar-refractivity contribution in [3.05, 3.63) is 30.0 Å². The van der Waals surface area contributed by atoms with Crippen molar-refractivity contribution in [2.45, 2.75) is 44.3 Å². The minimum absolute atomic E-state index is 0.265. The largest absolute Gasteiger partial charge is 0.341 e. The highest BCUT2D eigenvalue weighted by atomic mass is 32.2. The Bertz CT molecular complexity index is 886. The minimum Gasteiger partial charge on any atom is -0.341 e. The van der Waals surface area contributed by atoms with E-state index in [4.69, 9.17) is 4.98 Å². The number of para-hydroxylation sites is 1. The zero-order valence-electron chi connectivity index (χ0n) is 15.3. The van der Waals surface area contributed by atoms with Crippen LogP contribution < -0.4 is 4.90 Å². The molecule has 2 fully saturated rings. The molecule has 3 heterocycles. The summed E-state index contributed by atoms with van der Waals surface area (Å²) in [5.41, 5.74) is 1.91. The molecule has 26 heavy (non-hydrogen) atoms. The number of piperidine rings is 2. The van der Waals surface area contributed by atoms with Crippen molar-refractivity contribution in [3.8, 4) is 0 Å². The summed E-state index contributed by atoms with van der Waals surface area (Å²) in [5.74, 6) is 0.718. The quantitative estimate of drug-likeness (QED) is 0.826. The molecule has 2 aromatic rings. The highest BCUT2D eigenvalue weighted by Gasteiger charge is 2.35. The summed E-state index contributed by atoms with van der Waals surface area (Å²) in [4.78, 5) is 11.5. The first-order valence-electron chi connectivity index (χ1n) is 9.53. The van der Waals surface area contributed by atoms with E-state index in [-0.39, 0.29) is 5.25 Å². The molecule has 1 aromatic heterocycles. The summed E-state index contributed by atoms with van der Waals surface area (Å²) in [6.45, 7) is 4.76. The van der Waals surface area contributed by atoms with Crippen LogP contribution in [0.25, 0.3) is 10.9 Å². The molecule has 2 aliphatic heterocycles. The van der Waals surface area contributed by atoms with Gasteiger partial charge >= 0.3 is 0 Å². The van der Waals surface area contributed by atoms with Crippen molar-refractivity contribution in [3.63, 3.8) is 0 Å². The predicted octanol–water partition coefficient (Wildman–Crippen LogP) is 2.72. The van der Waals surface area contributed by atoms with Crippen molar-refractivity contribution >= 4 is 26.9 Å². The van der Waals surface area contributed by atoms with Gasteiger partial charge in [0.2, 0.25) is 16.0 Å². The van der Waals surface area contributed by atoms with Crippen LogP contribution in [0, 0.1) is 6.92 Å². The van der Waals surface area contributed by atoms with Gasteiger partial charge in [-0.05, 0) is 38.7 Å². The summed E-state index contributed by atoms with van der Waals surface area (Å²) < 4.78 is 27.5. The van der Waals surface area contributed by atoms with Crippen LogP contribution in [0.4, 0.5) is 5.95 Å². The molecule has 0 radical (unpaired) electrons. The van der Waals surface area contributed by atoms with E-state index in [1.54, 1.807) is 4.31 Å². The molecule has 7 heteroatoms. The molecule has 0 N–H and O–H groups in total. The molecule has 0 unspecified atom stereocenters. The fourth-order valence-corrected chi connectivity index (χ4v) is 6.04. The van der Waals surface area contributed by atoms with E-state index in [2.05, 4.69) is 9.88 Å². The van der Waals surface area contributed by atoms with Crippen LogP contribution in [0.5, 0.6) is 0 Å². The molecule has 0 aliphatic carbocycles. The summed E-state index contributed by atoms with van der Waals surface area (Å²) >= 11 is 0. The normalized spacial score (nSPS) is 20.6. The van der Waals surface area contributed by atoms with Gasteiger partial charge in [-0.15, -0.1) is 0 Å². The van der Waals surface area contributed by atoms with Gasteiger partial charge in [-0.3, -0.25) is 0 Å². The molecule has 6 nitrogen and oxygen atoms in total. The first kappa shape index (κ1) is 17.7. The summed E-state index contributed by atoms with van der Waals surface area (Å²) in [6, 6.07) is 8.01. The van der Waals surface area contributed by atoms with Crippen LogP contribution in [0.3, 0.4) is 0 Å². The molecular formula is C19H26N4O2S. The second kappa shape index (κ2) is 7.12. The number of benzene rings is 1. The van der Waals surface area contributed by atoms with Crippen LogP contribution in [-0.2, 0) is 10.0 Å². The highest BCUT2D eigenvalue weighted by Crippen LogP contribution is 2.26. The Morgan fingerprint density at radius 1 is 0.962 bits per heavy atom. The summed E-state index contributed by atoms with van der Waals surface area (Å²) in [5, 5.41) is 0.803. The number of sulfonamides is 1. The second-order valence-corrected chi connectivity index (χ2v) is 9.53. The molecular weight excluding hydrogens is 348 g/mol.